The fourth-order valence-electron chi connectivity index (χ4n) is 3.00. The predicted molar refractivity (Wildman–Crippen MR) is 101 cm³/mol. The molecular formula is C20H27NO6. The summed E-state index contributed by atoms with van der Waals surface area (Å²) in [5.74, 6) is 0.666. The molecule has 1 aromatic rings. The Balaban J connectivity index is 1.99. The first kappa shape index (κ1) is 20.6. The van der Waals surface area contributed by atoms with Crippen LogP contribution >= 0.6 is 0 Å². The van der Waals surface area contributed by atoms with Crippen LogP contribution < -0.4 is 19.5 Å². The van der Waals surface area contributed by atoms with Crippen LogP contribution in [0.5, 0.6) is 17.2 Å². The molecular weight excluding hydrogens is 350 g/mol. The third-order valence-corrected chi connectivity index (χ3v) is 4.50. The summed E-state index contributed by atoms with van der Waals surface area (Å²) >= 11 is 0. The molecule has 27 heavy (non-hydrogen) atoms. The van der Waals surface area contributed by atoms with E-state index in [0.717, 1.165) is 25.7 Å². The summed E-state index contributed by atoms with van der Waals surface area (Å²) in [4.78, 5) is 24.2. The number of methoxy groups -OCH3 is 3. The van der Waals surface area contributed by atoms with E-state index in [9.17, 15) is 9.59 Å². The molecule has 1 amide bonds. The van der Waals surface area contributed by atoms with Crippen LogP contribution in [0, 0.1) is 0 Å². The lowest BCUT2D eigenvalue weighted by molar-refractivity contribution is -0.150. The van der Waals surface area contributed by atoms with Crippen molar-refractivity contribution in [2.45, 2.75) is 44.8 Å². The summed E-state index contributed by atoms with van der Waals surface area (Å²) in [5, 5.41) is 2.91. The Morgan fingerprint density at radius 3 is 2.22 bits per heavy atom. The maximum atomic E-state index is 12.1. The Morgan fingerprint density at radius 1 is 1.04 bits per heavy atom. The minimum Gasteiger partial charge on any atom is -0.496 e. The lowest BCUT2D eigenvalue weighted by atomic mass is 10.1. The first-order valence-electron chi connectivity index (χ1n) is 8.97. The van der Waals surface area contributed by atoms with Crippen molar-refractivity contribution in [3.05, 3.63) is 23.8 Å². The number of carbonyl (C=O) groups excluding carboxylic acids is 2. The quantitative estimate of drug-likeness (QED) is 0.554. The van der Waals surface area contributed by atoms with Gasteiger partial charge in [0, 0.05) is 23.7 Å². The predicted octanol–water partition coefficient (Wildman–Crippen LogP) is 2.72. The number of amides is 1. The molecule has 1 aromatic carbocycles. The van der Waals surface area contributed by atoms with Gasteiger partial charge in [0.1, 0.15) is 5.75 Å². The third-order valence-electron chi connectivity index (χ3n) is 4.50. The van der Waals surface area contributed by atoms with Crippen LogP contribution in [0.4, 0.5) is 0 Å². The smallest absolute Gasteiger partial charge is 0.331 e. The zero-order valence-electron chi connectivity index (χ0n) is 16.2. The van der Waals surface area contributed by atoms with Crippen LogP contribution in [0.3, 0.4) is 0 Å². The van der Waals surface area contributed by atoms with Crippen molar-refractivity contribution in [1.82, 2.24) is 5.32 Å². The molecule has 1 unspecified atom stereocenters. The van der Waals surface area contributed by atoms with Crippen LogP contribution in [-0.2, 0) is 14.3 Å². The van der Waals surface area contributed by atoms with Crippen molar-refractivity contribution in [3.8, 4) is 17.2 Å². The van der Waals surface area contributed by atoms with Crippen LogP contribution in [0.25, 0.3) is 6.08 Å². The maximum Gasteiger partial charge on any atom is 0.331 e. The van der Waals surface area contributed by atoms with Gasteiger partial charge in [-0.2, -0.15) is 0 Å². The number of nitrogens with one attached hydrogen (secondary N) is 1. The van der Waals surface area contributed by atoms with E-state index in [1.54, 1.807) is 25.1 Å². The summed E-state index contributed by atoms with van der Waals surface area (Å²) in [6.07, 6.45) is 6.14. The minimum atomic E-state index is -0.852. The fraction of sp³-hybridized carbons (Fsp3) is 0.500. The average Bonchev–Trinajstić information content (AvgIpc) is 3.18. The second-order valence-electron chi connectivity index (χ2n) is 6.35. The Hall–Kier alpha value is -2.70. The summed E-state index contributed by atoms with van der Waals surface area (Å²) < 4.78 is 21.0. The Kier molecular flexibility index (Phi) is 7.52. The summed E-state index contributed by atoms with van der Waals surface area (Å²) in [7, 11) is 4.57. The molecule has 1 N–H and O–H groups in total. The second-order valence-corrected chi connectivity index (χ2v) is 6.35. The van der Waals surface area contributed by atoms with Crippen LogP contribution in [0.15, 0.2) is 18.2 Å². The van der Waals surface area contributed by atoms with Crippen molar-refractivity contribution < 1.29 is 28.5 Å². The molecule has 1 fully saturated rings. The molecule has 0 radical (unpaired) electrons. The Morgan fingerprint density at radius 2 is 1.63 bits per heavy atom. The molecule has 148 valence electrons. The van der Waals surface area contributed by atoms with Crippen molar-refractivity contribution in [3.63, 3.8) is 0 Å². The van der Waals surface area contributed by atoms with Gasteiger partial charge < -0.3 is 24.3 Å². The second kappa shape index (κ2) is 9.85. The summed E-state index contributed by atoms with van der Waals surface area (Å²) in [5.41, 5.74) is 0.621. The molecule has 1 atom stereocenters. The number of hydrogen-bond donors (Lipinski definition) is 1. The van der Waals surface area contributed by atoms with Gasteiger partial charge in [-0.05, 0) is 31.9 Å². The van der Waals surface area contributed by atoms with E-state index < -0.39 is 12.1 Å². The molecule has 7 heteroatoms. The van der Waals surface area contributed by atoms with E-state index in [1.807, 2.05) is 0 Å². The Labute approximate surface area is 159 Å². The number of ether oxygens (including phenoxy) is 4. The highest BCUT2D eigenvalue weighted by Gasteiger charge is 2.22. The molecule has 0 heterocycles. The van der Waals surface area contributed by atoms with E-state index in [1.165, 1.54) is 27.4 Å². The molecule has 0 bridgehead atoms. The number of esters is 1. The molecule has 0 spiro atoms. The number of carbonyl (C=O) groups is 2. The molecule has 0 saturated heterocycles. The number of hydrogen-bond acceptors (Lipinski definition) is 6. The van der Waals surface area contributed by atoms with Crippen molar-refractivity contribution >= 4 is 18.0 Å². The van der Waals surface area contributed by atoms with Gasteiger partial charge in [0.15, 0.2) is 17.6 Å². The molecule has 7 nitrogen and oxygen atoms in total. The zero-order chi connectivity index (χ0) is 19.8. The zero-order valence-corrected chi connectivity index (χ0v) is 16.2. The van der Waals surface area contributed by atoms with E-state index in [0.29, 0.717) is 22.8 Å². The maximum absolute atomic E-state index is 12.1. The number of benzene rings is 1. The van der Waals surface area contributed by atoms with Crippen LogP contribution in [0.1, 0.15) is 38.2 Å². The van der Waals surface area contributed by atoms with Gasteiger partial charge in [0.05, 0.1) is 21.3 Å². The normalized spacial score (nSPS) is 15.4. The van der Waals surface area contributed by atoms with Crippen LogP contribution in [0.2, 0.25) is 0 Å². The van der Waals surface area contributed by atoms with E-state index >= 15 is 0 Å². The van der Waals surface area contributed by atoms with E-state index in [-0.39, 0.29) is 11.9 Å². The van der Waals surface area contributed by atoms with Crippen molar-refractivity contribution in [1.29, 1.82) is 0 Å². The average molecular weight is 377 g/mol. The van der Waals surface area contributed by atoms with Gasteiger partial charge in [0.2, 0.25) is 0 Å². The minimum absolute atomic E-state index is 0.185. The van der Waals surface area contributed by atoms with Gasteiger partial charge in [-0.25, -0.2) is 4.79 Å². The SMILES string of the molecule is COc1cc(OC)c(OC)cc1/C=C/C(=O)OC(C)C(=O)NC1CCCC1. The van der Waals surface area contributed by atoms with Gasteiger partial charge in [0.25, 0.3) is 5.91 Å². The third kappa shape index (κ3) is 5.64. The molecule has 1 saturated carbocycles. The molecule has 1 aliphatic rings. The molecule has 2 rings (SSSR count). The Bertz CT molecular complexity index is 694. The molecule has 0 aromatic heterocycles. The summed E-state index contributed by atoms with van der Waals surface area (Å²) in [6.45, 7) is 1.56. The van der Waals surface area contributed by atoms with Gasteiger partial charge in [-0.15, -0.1) is 0 Å². The van der Waals surface area contributed by atoms with Crippen LogP contribution in [-0.4, -0.2) is 45.4 Å². The lowest BCUT2D eigenvalue weighted by Crippen LogP contribution is -2.40. The van der Waals surface area contributed by atoms with E-state index in [4.69, 9.17) is 18.9 Å². The first-order valence-corrected chi connectivity index (χ1v) is 8.97. The molecule has 0 aliphatic heterocycles. The topological polar surface area (TPSA) is 83.1 Å². The van der Waals surface area contributed by atoms with E-state index in [2.05, 4.69) is 5.32 Å². The highest BCUT2D eigenvalue weighted by Crippen LogP contribution is 2.35. The van der Waals surface area contributed by atoms with Gasteiger partial charge in [-0.3, -0.25) is 4.79 Å². The highest BCUT2D eigenvalue weighted by atomic mass is 16.5. The highest BCUT2D eigenvalue weighted by molar-refractivity contribution is 5.91. The summed E-state index contributed by atoms with van der Waals surface area (Å²) in [6, 6.07) is 3.55. The lowest BCUT2D eigenvalue weighted by Gasteiger charge is -2.16. The fourth-order valence-corrected chi connectivity index (χ4v) is 3.00. The monoisotopic (exact) mass is 377 g/mol. The van der Waals surface area contributed by atoms with Gasteiger partial charge in [-0.1, -0.05) is 12.8 Å². The number of rotatable bonds is 8. The van der Waals surface area contributed by atoms with Gasteiger partial charge >= 0.3 is 5.97 Å². The molecule has 1 aliphatic carbocycles. The first-order chi connectivity index (χ1) is 13.0. The standard InChI is InChI=1S/C20H27NO6/c1-13(20(23)21-15-7-5-6-8-15)27-19(22)10-9-14-11-17(25-3)18(26-4)12-16(14)24-2/h9-13,15H,5-8H2,1-4H3,(H,21,23)/b10-9+. The van der Waals surface area contributed by atoms with Crippen molar-refractivity contribution in [2.75, 3.05) is 21.3 Å². The van der Waals surface area contributed by atoms with Crippen molar-refractivity contribution in [2.24, 2.45) is 0 Å². The largest absolute Gasteiger partial charge is 0.496 e.